The van der Waals surface area contributed by atoms with Crippen LogP contribution in [0.4, 0.5) is 0 Å². The summed E-state index contributed by atoms with van der Waals surface area (Å²) >= 11 is 2.51. The van der Waals surface area contributed by atoms with Crippen molar-refractivity contribution in [3.05, 3.63) is 21.2 Å². The lowest BCUT2D eigenvalue weighted by Gasteiger charge is -2.46. The fraction of sp³-hybridized carbons (Fsp3) is 0.833. The van der Waals surface area contributed by atoms with Crippen LogP contribution in [0.2, 0.25) is 0 Å². The maximum atomic E-state index is 11.3. The van der Waals surface area contributed by atoms with E-state index in [2.05, 4.69) is 18.9 Å². The van der Waals surface area contributed by atoms with Crippen molar-refractivity contribution in [1.29, 1.82) is 0 Å². The van der Waals surface area contributed by atoms with Crippen molar-refractivity contribution in [2.24, 2.45) is 11.2 Å². The predicted molar refractivity (Wildman–Crippen MR) is 88.5 cm³/mol. The van der Waals surface area contributed by atoms with Gasteiger partial charge in [-0.05, 0) is 34.6 Å². The van der Waals surface area contributed by atoms with Gasteiger partial charge in [0.2, 0.25) is 0 Å². The first-order valence-corrected chi connectivity index (χ1v) is 8.62. The van der Waals surface area contributed by atoms with Crippen LogP contribution in [0.5, 0.6) is 0 Å². The molecule has 0 N–H and O–H groups in total. The second kappa shape index (κ2) is 7.86. The number of thioether (sulfide) groups is 1. The molecule has 0 fully saturated rings. The largest absolute Gasteiger partial charge is 0.313 e. The third-order valence-corrected chi connectivity index (χ3v) is 5.07. The van der Waals surface area contributed by atoms with Gasteiger partial charge in [-0.2, -0.15) is 8.75 Å². The number of nitroso groups, excluding NO2 is 1. The van der Waals surface area contributed by atoms with E-state index in [9.17, 15) is 15.0 Å². The zero-order valence-electron chi connectivity index (χ0n) is 13.8. The summed E-state index contributed by atoms with van der Waals surface area (Å²) in [5.41, 5.74) is -1.27. The summed E-state index contributed by atoms with van der Waals surface area (Å²) in [7, 11) is 0. The summed E-state index contributed by atoms with van der Waals surface area (Å²) < 4.78 is 8.02. The van der Waals surface area contributed by atoms with E-state index < -0.39 is 16.2 Å². The van der Waals surface area contributed by atoms with E-state index in [0.29, 0.717) is 5.75 Å². The van der Waals surface area contributed by atoms with E-state index in [1.165, 1.54) is 16.8 Å². The molecule has 0 saturated heterocycles. The van der Waals surface area contributed by atoms with Gasteiger partial charge in [-0.15, -0.1) is 26.8 Å². The Bertz CT molecular complexity index is 518. The number of nitrogens with zero attached hydrogens (tertiary/aromatic N) is 5. The summed E-state index contributed by atoms with van der Waals surface area (Å²) in [6.45, 7) is 9.10. The van der Waals surface area contributed by atoms with Gasteiger partial charge < -0.3 is 4.84 Å². The molecule has 1 rings (SSSR count). The van der Waals surface area contributed by atoms with E-state index in [-0.39, 0.29) is 12.5 Å². The lowest BCUT2D eigenvalue weighted by atomic mass is 9.85. The molecule has 0 aliphatic heterocycles. The standard InChI is InChI=1S/C12H21N5O4S2/c1-11(2,3)16(15-18)12(4,5)9(7-21-17(19)20)8-22-10-6-13-23-14-10/h6,9H,7-8H2,1-5H3. The Morgan fingerprint density at radius 1 is 1.48 bits per heavy atom. The van der Waals surface area contributed by atoms with E-state index in [0.717, 1.165) is 16.8 Å². The summed E-state index contributed by atoms with van der Waals surface area (Å²) in [5, 5.41) is 15.0. The fourth-order valence-electron chi connectivity index (χ4n) is 2.28. The van der Waals surface area contributed by atoms with Crippen LogP contribution in [0.1, 0.15) is 34.6 Å². The van der Waals surface area contributed by atoms with Crippen LogP contribution in [0, 0.1) is 20.9 Å². The molecule has 1 aromatic heterocycles. The number of hydrogen-bond donors (Lipinski definition) is 0. The summed E-state index contributed by atoms with van der Waals surface area (Å²) in [4.78, 5) is 26.5. The molecule has 23 heavy (non-hydrogen) atoms. The molecular weight excluding hydrogens is 342 g/mol. The van der Waals surface area contributed by atoms with Gasteiger partial charge in [0.05, 0.1) is 34.3 Å². The average molecular weight is 363 g/mol. The maximum Gasteiger partial charge on any atom is 0.294 e. The minimum Gasteiger partial charge on any atom is -0.313 e. The van der Waals surface area contributed by atoms with Gasteiger partial charge in [-0.3, -0.25) is 0 Å². The van der Waals surface area contributed by atoms with E-state index >= 15 is 0 Å². The number of hydrogen-bond acceptors (Lipinski definition) is 9. The minimum atomic E-state index is -0.825. The Morgan fingerprint density at radius 2 is 2.13 bits per heavy atom. The second-order valence-corrected chi connectivity index (χ2v) is 8.09. The fourth-order valence-corrected chi connectivity index (χ4v) is 3.98. The maximum absolute atomic E-state index is 11.3. The predicted octanol–water partition coefficient (Wildman–Crippen LogP) is 3.02. The molecule has 9 nitrogen and oxygen atoms in total. The van der Waals surface area contributed by atoms with Crippen LogP contribution >= 0.6 is 23.5 Å². The molecule has 0 aromatic carbocycles. The van der Waals surface area contributed by atoms with Crippen molar-refractivity contribution in [3.63, 3.8) is 0 Å². The van der Waals surface area contributed by atoms with Crippen molar-refractivity contribution in [2.75, 3.05) is 12.4 Å². The summed E-state index contributed by atoms with van der Waals surface area (Å²) in [6, 6.07) is 0. The lowest BCUT2D eigenvalue weighted by Crippen LogP contribution is -2.56. The molecule has 1 aromatic rings. The van der Waals surface area contributed by atoms with Crippen LogP contribution in [0.3, 0.4) is 0 Å². The topological polar surface area (TPSA) is 111 Å². The van der Waals surface area contributed by atoms with Crippen LogP contribution in [-0.4, -0.2) is 42.3 Å². The highest BCUT2D eigenvalue weighted by molar-refractivity contribution is 7.99. The summed E-state index contributed by atoms with van der Waals surface area (Å²) in [6.07, 6.45) is 1.63. The Morgan fingerprint density at radius 3 is 2.57 bits per heavy atom. The molecule has 0 amide bonds. The molecule has 0 radical (unpaired) electrons. The lowest BCUT2D eigenvalue weighted by molar-refractivity contribution is -0.759. The van der Waals surface area contributed by atoms with Crippen LogP contribution in [0.25, 0.3) is 0 Å². The molecule has 1 heterocycles. The van der Waals surface area contributed by atoms with Crippen molar-refractivity contribution in [2.45, 2.75) is 50.7 Å². The molecule has 1 unspecified atom stereocenters. The van der Waals surface area contributed by atoms with Gasteiger partial charge in [-0.25, -0.2) is 5.01 Å². The van der Waals surface area contributed by atoms with Gasteiger partial charge in [0.25, 0.3) is 5.09 Å². The van der Waals surface area contributed by atoms with Crippen molar-refractivity contribution in [3.8, 4) is 0 Å². The Labute approximate surface area is 143 Å². The van der Waals surface area contributed by atoms with E-state index in [4.69, 9.17) is 0 Å². The monoisotopic (exact) mass is 363 g/mol. The molecule has 0 bridgehead atoms. The Hall–Kier alpha value is -1.49. The molecule has 1 atom stereocenters. The third-order valence-electron chi connectivity index (χ3n) is 3.42. The van der Waals surface area contributed by atoms with Crippen LogP contribution in [0.15, 0.2) is 16.5 Å². The minimum absolute atomic E-state index is 0.132. The molecular formula is C12H21N5O4S2. The Kier molecular flexibility index (Phi) is 6.69. The third kappa shape index (κ3) is 5.57. The first-order chi connectivity index (χ1) is 10.6. The van der Waals surface area contributed by atoms with Gasteiger partial charge in [0.15, 0.2) is 0 Å². The molecule has 0 spiro atoms. The van der Waals surface area contributed by atoms with Crippen LogP contribution < -0.4 is 0 Å². The smallest absolute Gasteiger partial charge is 0.294 e. The first-order valence-electron chi connectivity index (χ1n) is 6.90. The highest BCUT2D eigenvalue weighted by Crippen LogP contribution is 2.35. The number of aromatic nitrogens is 2. The van der Waals surface area contributed by atoms with Gasteiger partial charge in [-0.1, -0.05) is 0 Å². The first kappa shape index (κ1) is 19.6. The van der Waals surface area contributed by atoms with E-state index in [1.807, 2.05) is 34.6 Å². The van der Waals surface area contributed by atoms with Gasteiger partial charge >= 0.3 is 0 Å². The van der Waals surface area contributed by atoms with Crippen molar-refractivity contribution in [1.82, 2.24) is 13.8 Å². The zero-order valence-corrected chi connectivity index (χ0v) is 15.4. The normalized spacial score (nSPS) is 13.4. The molecule has 0 aliphatic carbocycles. The average Bonchev–Trinajstić information content (AvgIpc) is 2.89. The number of rotatable bonds is 9. The van der Waals surface area contributed by atoms with Crippen LogP contribution in [-0.2, 0) is 4.84 Å². The second-order valence-electron chi connectivity index (χ2n) is 6.49. The molecule has 130 valence electrons. The van der Waals surface area contributed by atoms with Crippen molar-refractivity contribution >= 4 is 23.5 Å². The highest BCUT2D eigenvalue weighted by Gasteiger charge is 2.42. The highest BCUT2D eigenvalue weighted by atomic mass is 32.2. The molecule has 0 saturated carbocycles. The van der Waals surface area contributed by atoms with Crippen molar-refractivity contribution < 1.29 is 9.92 Å². The SMILES string of the molecule is CC(C)(C)N(N=O)C(C)(C)C(CO[N+](=O)[O-])CSc1cnsn1. The van der Waals surface area contributed by atoms with Gasteiger partial charge in [0.1, 0.15) is 11.6 Å². The van der Waals surface area contributed by atoms with Gasteiger partial charge in [0, 0.05) is 11.7 Å². The summed E-state index contributed by atoms with van der Waals surface area (Å²) in [5.74, 6) is 0.158. The quantitative estimate of drug-likeness (QED) is 0.285. The Balaban J connectivity index is 2.94. The zero-order chi connectivity index (χ0) is 17.7. The molecule has 11 heteroatoms. The molecule has 0 aliphatic rings. The van der Waals surface area contributed by atoms with E-state index in [1.54, 1.807) is 6.20 Å².